The van der Waals surface area contributed by atoms with E-state index in [1.54, 1.807) is 6.20 Å². The van der Waals surface area contributed by atoms with Gasteiger partial charge in [-0.25, -0.2) is 0 Å². The number of aryl methyl sites for hydroxylation is 4. The lowest BCUT2D eigenvalue weighted by atomic mass is 9.91. The molecule has 0 saturated carbocycles. The Balaban J connectivity index is 1.43. The molecule has 1 unspecified atom stereocenters. The van der Waals surface area contributed by atoms with Gasteiger partial charge in [0.05, 0.1) is 28.8 Å². The maximum atomic E-state index is 12.8. The monoisotopic (exact) mass is 382 g/mol. The Morgan fingerprint density at radius 3 is 2.86 bits per heavy atom. The standard InChI is InChI=1S/C20H26N6O2/c1-13-9-15(3)26(23-13)8-6-19(27)25-7-4-5-16(12-25)20-17(11-21-22-20)18-10-14(2)24-28-18/h9-11,16H,4-8,12H2,1-3H3,(H,21,22). The number of nitrogens with zero attached hydrogens (tertiary/aromatic N) is 5. The minimum atomic E-state index is 0.175. The van der Waals surface area contributed by atoms with Gasteiger partial charge in [-0.3, -0.25) is 14.6 Å². The van der Waals surface area contributed by atoms with Gasteiger partial charge in [0.15, 0.2) is 5.76 Å². The highest BCUT2D eigenvalue weighted by molar-refractivity contribution is 5.76. The first-order valence-corrected chi connectivity index (χ1v) is 9.77. The Hall–Kier alpha value is -2.90. The molecule has 0 spiro atoms. The van der Waals surface area contributed by atoms with Crippen molar-refractivity contribution in [1.29, 1.82) is 0 Å². The van der Waals surface area contributed by atoms with E-state index in [9.17, 15) is 4.79 Å². The molecule has 8 nitrogen and oxygen atoms in total. The number of likely N-dealkylation sites (tertiary alicyclic amines) is 1. The summed E-state index contributed by atoms with van der Waals surface area (Å²) in [7, 11) is 0. The van der Waals surface area contributed by atoms with E-state index in [0.717, 1.165) is 47.7 Å². The molecule has 1 N–H and O–H groups in total. The van der Waals surface area contributed by atoms with Crippen LogP contribution < -0.4 is 0 Å². The Morgan fingerprint density at radius 1 is 1.29 bits per heavy atom. The summed E-state index contributed by atoms with van der Waals surface area (Å²) in [6.07, 6.45) is 4.23. The predicted octanol–water partition coefficient (Wildman–Crippen LogP) is 2.98. The van der Waals surface area contributed by atoms with Crippen molar-refractivity contribution in [1.82, 2.24) is 30.0 Å². The molecule has 1 atom stereocenters. The van der Waals surface area contributed by atoms with Crippen LogP contribution in [0, 0.1) is 20.8 Å². The quantitative estimate of drug-likeness (QED) is 0.732. The lowest BCUT2D eigenvalue weighted by Gasteiger charge is -2.32. The zero-order chi connectivity index (χ0) is 19.7. The average Bonchev–Trinajstić information content (AvgIpc) is 3.39. The number of hydrogen-bond acceptors (Lipinski definition) is 5. The fourth-order valence-corrected chi connectivity index (χ4v) is 3.99. The van der Waals surface area contributed by atoms with Crippen molar-refractivity contribution < 1.29 is 9.32 Å². The summed E-state index contributed by atoms with van der Waals surface area (Å²) in [5.74, 6) is 1.11. The molecule has 3 aromatic rings. The molecule has 8 heteroatoms. The second-order valence-electron chi connectivity index (χ2n) is 7.61. The molecule has 0 aliphatic carbocycles. The van der Waals surface area contributed by atoms with E-state index in [-0.39, 0.29) is 11.8 Å². The minimum absolute atomic E-state index is 0.175. The first-order valence-electron chi connectivity index (χ1n) is 9.77. The lowest BCUT2D eigenvalue weighted by molar-refractivity contribution is -0.132. The largest absolute Gasteiger partial charge is 0.356 e. The van der Waals surface area contributed by atoms with E-state index in [1.807, 2.05) is 42.5 Å². The summed E-state index contributed by atoms with van der Waals surface area (Å²) < 4.78 is 7.33. The van der Waals surface area contributed by atoms with Crippen LogP contribution in [-0.4, -0.2) is 49.0 Å². The van der Waals surface area contributed by atoms with E-state index >= 15 is 0 Å². The lowest BCUT2D eigenvalue weighted by Crippen LogP contribution is -2.39. The predicted molar refractivity (Wildman–Crippen MR) is 104 cm³/mol. The molecular formula is C20H26N6O2. The highest BCUT2D eigenvalue weighted by Gasteiger charge is 2.28. The normalized spacial score (nSPS) is 17.2. The van der Waals surface area contributed by atoms with Crippen molar-refractivity contribution in [2.24, 2.45) is 0 Å². The van der Waals surface area contributed by atoms with Gasteiger partial charge in [-0.2, -0.15) is 10.2 Å². The third-order valence-electron chi connectivity index (χ3n) is 5.39. The van der Waals surface area contributed by atoms with Crippen LogP contribution in [0.5, 0.6) is 0 Å². The van der Waals surface area contributed by atoms with Crippen LogP contribution in [0.3, 0.4) is 0 Å². The van der Waals surface area contributed by atoms with E-state index < -0.39 is 0 Å². The minimum Gasteiger partial charge on any atom is -0.356 e. The molecule has 148 valence electrons. The van der Waals surface area contributed by atoms with Crippen molar-refractivity contribution in [3.05, 3.63) is 41.1 Å². The van der Waals surface area contributed by atoms with Crippen LogP contribution in [0.25, 0.3) is 11.3 Å². The SMILES string of the molecule is Cc1cc(-c2cn[nH]c2C2CCCN(C(=O)CCn3nc(C)cc3C)C2)on1. The van der Waals surface area contributed by atoms with Crippen molar-refractivity contribution in [3.63, 3.8) is 0 Å². The average molecular weight is 382 g/mol. The second kappa shape index (κ2) is 7.61. The number of nitrogens with one attached hydrogen (secondary N) is 1. The first-order chi connectivity index (χ1) is 13.5. The Morgan fingerprint density at radius 2 is 2.14 bits per heavy atom. The number of H-pyrrole nitrogens is 1. The molecule has 1 aliphatic rings. The maximum absolute atomic E-state index is 12.8. The van der Waals surface area contributed by atoms with Crippen LogP contribution in [0.15, 0.2) is 22.9 Å². The number of rotatable bonds is 5. The van der Waals surface area contributed by atoms with Gasteiger partial charge in [0.25, 0.3) is 0 Å². The van der Waals surface area contributed by atoms with E-state index in [1.165, 1.54) is 0 Å². The smallest absolute Gasteiger partial charge is 0.224 e. The topological polar surface area (TPSA) is 92.8 Å². The van der Waals surface area contributed by atoms with Gasteiger partial charge in [0.2, 0.25) is 5.91 Å². The molecule has 4 heterocycles. The summed E-state index contributed by atoms with van der Waals surface area (Å²) >= 11 is 0. The molecule has 4 rings (SSSR count). The van der Waals surface area contributed by atoms with Crippen molar-refractivity contribution in [2.45, 2.75) is 52.5 Å². The van der Waals surface area contributed by atoms with Gasteiger partial charge >= 0.3 is 0 Å². The zero-order valence-corrected chi connectivity index (χ0v) is 16.6. The number of piperidine rings is 1. The van der Waals surface area contributed by atoms with E-state index in [0.29, 0.717) is 25.3 Å². The molecule has 0 aromatic carbocycles. The summed E-state index contributed by atoms with van der Waals surface area (Å²) in [4.78, 5) is 14.8. The summed E-state index contributed by atoms with van der Waals surface area (Å²) in [6.45, 7) is 8.00. The number of aromatic amines is 1. The summed E-state index contributed by atoms with van der Waals surface area (Å²) in [5, 5.41) is 15.8. The second-order valence-corrected chi connectivity index (χ2v) is 7.61. The van der Waals surface area contributed by atoms with Crippen molar-refractivity contribution in [2.75, 3.05) is 13.1 Å². The van der Waals surface area contributed by atoms with Crippen LogP contribution in [-0.2, 0) is 11.3 Å². The van der Waals surface area contributed by atoms with Crippen LogP contribution in [0.2, 0.25) is 0 Å². The van der Waals surface area contributed by atoms with Crippen LogP contribution in [0.4, 0.5) is 0 Å². The molecule has 0 bridgehead atoms. The van der Waals surface area contributed by atoms with Gasteiger partial charge in [0, 0.05) is 43.7 Å². The van der Waals surface area contributed by atoms with Crippen molar-refractivity contribution in [3.8, 4) is 11.3 Å². The maximum Gasteiger partial charge on any atom is 0.224 e. The molecule has 0 radical (unpaired) electrons. The highest BCUT2D eigenvalue weighted by atomic mass is 16.5. The zero-order valence-electron chi connectivity index (χ0n) is 16.6. The molecular weight excluding hydrogens is 356 g/mol. The van der Waals surface area contributed by atoms with Gasteiger partial charge in [-0.1, -0.05) is 5.16 Å². The number of aromatic nitrogens is 5. The summed E-state index contributed by atoms with van der Waals surface area (Å²) in [6, 6.07) is 3.95. The molecule has 1 saturated heterocycles. The highest BCUT2D eigenvalue weighted by Crippen LogP contribution is 2.33. The molecule has 1 amide bonds. The Bertz CT molecular complexity index is 969. The Kier molecular flexibility index (Phi) is 5.02. The van der Waals surface area contributed by atoms with Gasteiger partial charge < -0.3 is 9.42 Å². The van der Waals surface area contributed by atoms with Crippen LogP contribution in [0.1, 0.15) is 48.0 Å². The fourth-order valence-electron chi connectivity index (χ4n) is 3.99. The van der Waals surface area contributed by atoms with Gasteiger partial charge in [-0.15, -0.1) is 0 Å². The third kappa shape index (κ3) is 3.72. The summed E-state index contributed by atoms with van der Waals surface area (Å²) in [5.41, 5.74) is 4.87. The molecule has 1 aliphatic heterocycles. The molecule has 28 heavy (non-hydrogen) atoms. The number of carbonyl (C=O) groups is 1. The third-order valence-corrected chi connectivity index (χ3v) is 5.39. The van der Waals surface area contributed by atoms with Crippen LogP contribution >= 0.6 is 0 Å². The van der Waals surface area contributed by atoms with Gasteiger partial charge in [-0.05, 0) is 39.7 Å². The fraction of sp³-hybridized carbons (Fsp3) is 0.500. The number of amides is 1. The van der Waals surface area contributed by atoms with E-state index in [4.69, 9.17) is 4.52 Å². The Labute approximate surface area is 163 Å². The number of carbonyl (C=O) groups excluding carboxylic acids is 1. The van der Waals surface area contributed by atoms with Gasteiger partial charge in [0.1, 0.15) is 0 Å². The molecule has 3 aromatic heterocycles. The first kappa shape index (κ1) is 18.5. The van der Waals surface area contributed by atoms with Crippen molar-refractivity contribution >= 4 is 5.91 Å². The van der Waals surface area contributed by atoms with E-state index in [2.05, 4.69) is 20.5 Å². The molecule has 1 fully saturated rings. The number of hydrogen-bond donors (Lipinski definition) is 1.